The molecule has 2 aromatic carbocycles. The highest BCUT2D eigenvalue weighted by molar-refractivity contribution is 9.10. The molecule has 4 heteroatoms. The van der Waals surface area contributed by atoms with Crippen molar-refractivity contribution >= 4 is 21.6 Å². The SMILES string of the molecule is CN(CC1=CC(C)(C)N(O)C1(C)C)c1ccc2c(c1)Cc1cc(Br)ccc1-2. The topological polar surface area (TPSA) is 26.7 Å². The lowest BCUT2D eigenvalue weighted by Crippen LogP contribution is -2.48. The molecule has 1 aliphatic heterocycles. The Hall–Kier alpha value is -1.62. The maximum absolute atomic E-state index is 10.5. The molecule has 2 aromatic rings. The Morgan fingerprint density at radius 3 is 2.30 bits per heavy atom. The second-order valence-corrected chi connectivity index (χ2v) is 9.79. The Morgan fingerprint density at radius 1 is 1.04 bits per heavy atom. The summed E-state index contributed by atoms with van der Waals surface area (Å²) in [6, 6.07) is 13.3. The van der Waals surface area contributed by atoms with Gasteiger partial charge in [0.15, 0.2) is 0 Å². The van der Waals surface area contributed by atoms with E-state index < -0.39 is 0 Å². The molecular formula is C23H27BrN2O. The first-order valence-corrected chi connectivity index (χ1v) is 10.2. The third kappa shape index (κ3) is 3.04. The summed E-state index contributed by atoms with van der Waals surface area (Å²) in [6.45, 7) is 9.06. The molecule has 0 atom stereocenters. The zero-order valence-corrected chi connectivity index (χ0v) is 18.3. The lowest BCUT2D eigenvalue weighted by atomic mass is 9.96. The molecule has 142 valence electrons. The van der Waals surface area contributed by atoms with Gasteiger partial charge in [-0.25, -0.2) is 0 Å². The summed E-state index contributed by atoms with van der Waals surface area (Å²) in [7, 11) is 2.13. The second-order valence-electron chi connectivity index (χ2n) is 8.87. The number of halogens is 1. The second kappa shape index (κ2) is 6.20. The van der Waals surface area contributed by atoms with Crippen molar-refractivity contribution in [3.05, 3.63) is 63.6 Å². The van der Waals surface area contributed by atoms with E-state index in [1.54, 1.807) is 0 Å². The highest BCUT2D eigenvalue weighted by atomic mass is 79.9. The van der Waals surface area contributed by atoms with Gasteiger partial charge in [-0.3, -0.25) is 0 Å². The van der Waals surface area contributed by atoms with Crippen molar-refractivity contribution in [1.29, 1.82) is 0 Å². The molecule has 0 saturated heterocycles. The fraction of sp³-hybridized carbons (Fsp3) is 0.391. The van der Waals surface area contributed by atoms with E-state index >= 15 is 0 Å². The number of hydrogen-bond acceptors (Lipinski definition) is 3. The van der Waals surface area contributed by atoms with E-state index in [0.717, 1.165) is 17.4 Å². The Bertz CT molecular complexity index is 945. The molecule has 0 radical (unpaired) electrons. The zero-order valence-electron chi connectivity index (χ0n) is 16.7. The maximum atomic E-state index is 10.5. The van der Waals surface area contributed by atoms with E-state index in [1.807, 2.05) is 13.8 Å². The number of hydroxylamine groups is 2. The van der Waals surface area contributed by atoms with Gasteiger partial charge in [-0.15, -0.1) is 0 Å². The lowest BCUT2D eigenvalue weighted by Gasteiger charge is -2.37. The third-order valence-electron chi connectivity index (χ3n) is 6.06. The molecule has 4 rings (SSSR count). The van der Waals surface area contributed by atoms with Gasteiger partial charge in [-0.2, -0.15) is 5.06 Å². The summed E-state index contributed by atoms with van der Waals surface area (Å²) < 4.78 is 1.14. The van der Waals surface area contributed by atoms with Gasteiger partial charge in [-0.05, 0) is 86.2 Å². The smallest absolute Gasteiger partial charge is 0.0640 e. The fourth-order valence-corrected chi connectivity index (χ4v) is 4.92. The first kappa shape index (κ1) is 18.7. The Balaban J connectivity index is 1.59. The van der Waals surface area contributed by atoms with Gasteiger partial charge >= 0.3 is 0 Å². The van der Waals surface area contributed by atoms with E-state index in [9.17, 15) is 5.21 Å². The van der Waals surface area contributed by atoms with Crippen molar-refractivity contribution in [3.63, 3.8) is 0 Å². The van der Waals surface area contributed by atoms with Crippen LogP contribution in [0.25, 0.3) is 11.1 Å². The summed E-state index contributed by atoms with van der Waals surface area (Å²) >= 11 is 3.58. The molecule has 3 nitrogen and oxygen atoms in total. The van der Waals surface area contributed by atoms with Crippen LogP contribution in [-0.2, 0) is 6.42 Å². The van der Waals surface area contributed by atoms with Crippen LogP contribution in [0.4, 0.5) is 5.69 Å². The highest BCUT2D eigenvalue weighted by Gasteiger charge is 2.45. The van der Waals surface area contributed by atoms with Crippen LogP contribution < -0.4 is 4.90 Å². The van der Waals surface area contributed by atoms with Crippen LogP contribution in [0.3, 0.4) is 0 Å². The van der Waals surface area contributed by atoms with E-state index in [1.165, 1.54) is 38.6 Å². The number of anilines is 1. The molecule has 1 heterocycles. The van der Waals surface area contributed by atoms with E-state index in [0.29, 0.717) is 0 Å². The minimum absolute atomic E-state index is 0.341. The van der Waals surface area contributed by atoms with E-state index in [4.69, 9.17) is 0 Å². The molecule has 0 fully saturated rings. The van der Waals surface area contributed by atoms with Crippen LogP contribution in [0, 0.1) is 0 Å². The molecule has 0 aromatic heterocycles. The number of nitrogens with zero attached hydrogens (tertiary/aromatic N) is 2. The summed E-state index contributed by atoms with van der Waals surface area (Å²) in [5, 5.41) is 12.0. The minimum atomic E-state index is -0.364. The molecule has 2 aliphatic rings. The maximum Gasteiger partial charge on any atom is 0.0640 e. The van der Waals surface area contributed by atoms with Gasteiger partial charge in [0.25, 0.3) is 0 Å². The van der Waals surface area contributed by atoms with Crippen molar-refractivity contribution in [1.82, 2.24) is 5.06 Å². The Morgan fingerprint density at radius 2 is 1.67 bits per heavy atom. The standard InChI is InChI=1S/C23H27BrN2O/c1-22(2)13-17(23(3,4)26(22)27)14-25(5)19-7-9-21-16(12-19)10-15-11-18(24)6-8-20(15)21/h6-9,11-13,27H,10,14H2,1-5H3. The number of likely N-dealkylation sites (N-methyl/N-ethyl adjacent to an activating group) is 1. The molecular weight excluding hydrogens is 400 g/mol. The van der Waals surface area contributed by atoms with E-state index in [2.05, 4.69) is 84.2 Å². The van der Waals surface area contributed by atoms with Crippen LogP contribution >= 0.6 is 15.9 Å². The lowest BCUT2D eigenvalue weighted by molar-refractivity contribution is -0.185. The van der Waals surface area contributed by atoms with Gasteiger partial charge in [0.05, 0.1) is 11.1 Å². The summed E-state index contributed by atoms with van der Waals surface area (Å²) in [5.41, 5.74) is 7.21. The normalized spacial score (nSPS) is 19.6. The molecule has 0 spiro atoms. The fourth-order valence-electron chi connectivity index (χ4n) is 4.51. The summed E-state index contributed by atoms with van der Waals surface area (Å²) in [6.07, 6.45) is 3.18. The van der Waals surface area contributed by atoms with Gasteiger partial charge in [0.2, 0.25) is 0 Å². The van der Waals surface area contributed by atoms with Gasteiger partial charge < -0.3 is 10.1 Å². The molecule has 1 aliphatic carbocycles. The Kier molecular flexibility index (Phi) is 4.30. The monoisotopic (exact) mass is 426 g/mol. The minimum Gasteiger partial charge on any atom is -0.371 e. The number of benzene rings is 2. The first-order valence-electron chi connectivity index (χ1n) is 9.44. The molecule has 27 heavy (non-hydrogen) atoms. The highest BCUT2D eigenvalue weighted by Crippen LogP contribution is 2.41. The Labute approximate surface area is 170 Å². The predicted octanol–water partition coefficient (Wildman–Crippen LogP) is 5.64. The van der Waals surface area contributed by atoms with Crippen LogP contribution in [0.1, 0.15) is 38.8 Å². The van der Waals surface area contributed by atoms with Crippen LogP contribution in [-0.4, -0.2) is 34.9 Å². The van der Waals surface area contributed by atoms with Crippen LogP contribution in [0.2, 0.25) is 0 Å². The van der Waals surface area contributed by atoms with Gasteiger partial charge in [0, 0.05) is 23.8 Å². The average molecular weight is 427 g/mol. The van der Waals surface area contributed by atoms with Crippen molar-refractivity contribution in [2.24, 2.45) is 0 Å². The molecule has 1 N–H and O–H groups in total. The molecule has 0 unspecified atom stereocenters. The molecule has 0 saturated carbocycles. The van der Waals surface area contributed by atoms with Gasteiger partial charge in [-0.1, -0.05) is 34.1 Å². The van der Waals surface area contributed by atoms with Crippen molar-refractivity contribution < 1.29 is 5.21 Å². The van der Waals surface area contributed by atoms with Gasteiger partial charge in [0.1, 0.15) is 0 Å². The van der Waals surface area contributed by atoms with Crippen LogP contribution in [0.15, 0.2) is 52.5 Å². The third-order valence-corrected chi connectivity index (χ3v) is 6.56. The quantitative estimate of drug-likeness (QED) is 0.548. The summed E-state index contributed by atoms with van der Waals surface area (Å²) in [4.78, 5) is 2.28. The summed E-state index contributed by atoms with van der Waals surface area (Å²) in [5.74, 6) is 0. The van der Waals surface area contributed by atoms with E-state index in [-0.39, 0.29) is 11.1 Å². The zero-order chi connectivity index (χ0) is 19.6. The van der Waals surface area contributed by atoms with Crippen molar-refractivity contribution in [3.8, 4) is 11.1 Å². The van der Waals surface area contributed by atoms with Crippen LogP contribution in [0.5, 0.6) is 0 Å². The first-order chi connectivity index (χ1) is 12.6. The number of rotatable bonds is 3. The number of hydrogen-bond donors (Lipinski definition) is 1. The average Bonchev–Trinajstić information content (AvgIpc) is 3.02. The predicted molar refractivity (Wildman–Crippen MR) is 116 cm³/mol. The van der Waals surface area contributed by atoms with Crippen molar-refractivity contribution in [2.45, 2.75) is 45.2 Å². The molecule has 0 bridgehead atoms. The van der Waals surface area contributed by atoms with Crippen molar-refractivity contribution in [2.75, 3.05) is 18.5 Å². The largest absolute Gasteiger partial charge is 0.371 e. The molecule has 0 amide bonds. The number of fused-ring (bicyclic) bond motifs is 3.